The van der Waals surface area contributed by atoms with Crippen LogP contribution in [0.2, 0.25) is 0 Å². The minimum atomic E-state index is 0.976. The number of nitrogens with one attached hydrogen (secondary N) is 2. The van der Waals surface area contributed by atoms with Gasteiger partial charge in [-0.05, 0) is 18.1 Å². The highest BCUT2D eigenvalue weighted by Crippen LogP contribution is 2.20. The molecule has 0 amide bonds. The number of rotatable bonds is 4. The summed E-state index contributed by atoms with van der Waals surface area (Å²) in [7, 11) is 0. The van der Waals surface area contributed by atoms with E-state index in [1.165, 1.54) is 11.1 Å². The number of hydrogen-bond donors (Lipinski definition) is 2. The average molecular weight is 256 g/mol. The molecule has 1 aromatic rings. The number of aliphatic imine (C=N–C) groups is 1. The predicted octanol–water partition coefficient (Wildman–Crippen LogP) is 2.00. The Morgan fingerprint density at radius 3 is 2.58 bits per heavy atom. The Balaban J connectivity index is 2.34. The molecular formula is C15H20N4. The molecule has 0 aliphatic carbocycles. The zero-order valence-corrected chi connectivity index (χ0v) is 11.3. The number of piperazine rings is 1. The molecule has 1 aliphatic heterocycles. The molecular weight excluding hydrogens is 236 g/mol. The predicted molar refractivity (Wildman–Crippen MR) is 80.8 cm³/mol. The van der Waals surface area contributed by atoms with Gasteiger partial charge >= 0.3 is 0 Å². The highest BCUT2D eigenvalue weighted by molar-refractivity contribution is 5.92. The molecule has 0 unspecified atom stereocenters. The fourth-order valence-corrected chi connectivity index (χ4v) is 2.27. The van der Waals surface area contributed by atoms with Crippen LogP contribution in [-0.2, 0) is 0 Å². The van der Waals surface area contributed by atoms with Crippen molar-refractivity contribution in [3.63, 3.8) is 0 Å². The summed E-state index contributed by atoms with van der Waals surface area (Å²) in [5, 5.41) is 10.4. The molecule has 1 aliphatic rings. The van der Waals surface area contributed by atoms with Crippen molar-refractivity contribution in [2.75, 3.05) is 26.2 Å². The second-order valence-electron chi connectivity index (χ2n) is 4.52. The molecule has 0 spiro atoms. The standard InChI is InChI=1S/C15H20N4/c1-13(14-5-3-2-4-6-14)15(11-18-12-16)19-9-7-17-8-10-19/h2-6,11-12,16-17H,7-10H2,1H3/b15-13-,16-12?,18-11?. The highest BCUT2D eigenvalue weighted by Gasteiger charge is 2.14. The minimum absolute atomic E-state index is 0.976. The molecule has 4 heteroatoms. The van der Waals surface area contributed by atoms with E-state index < -0.39 is 0 Å². The summed E-state index contributed by atoms with van der Waals surface area (Å²) in [6.07, 6.45) is 2.88. The lowest BCUT2D eigenvalue weighted by Gasteiger charge is -2.31. The summed E-state index contributed by atoms with van der Waals surface area (Å²) < 4.78 is 0. The summed E-state index contributed by atoms with van der Waals surface area (Å²) in [5.74, 6) is 0. The molecule has 100 valence electrons. The summed E-state index contributed by atoms with van der Waals surface area (Å²) in [5.41, 5.74) is 3.51. The van der Waals surface area contributed by atoms with E-state index in [9.17, 15) is 0 Å². The zero-order valence-electron chi connectivity index (χ0n) is 11.3. The zero-order chi connectivity index (χ0) is 13.5. The molecule has 4 nitrogen and oxygen atoms in total. The molecule has 1 aromatic carbocycles. The Labute approximate surface area is 114 Å². The van der Waals surface area contributed by atoms with Gasteiger partial charge in [-0.3, -0.25) is 5.41 Å². The normalized spacial score (nSPS) is 17.4. The van der Waals surface area contributed by atoms with Gasteiger partial charge < -0.3 is 10.2 Å². The second-order valence-corrected chi connectivity index (χ2v) is 4.52. The number of hydrogen-bond acceptors (Lipinski definition) is 3. The first-order valence-electron chi connectivity index (χ1n) is 6.57. The SMILES string of the molecule is C/C(=C(\C=NC=N)N1CCNCC1)c1ccccc1. The Bertz CT molecular complexity index is 470. The highest BCUT2D eigenvalue weighted by atomic mass is 15.2. The van der Waals surface area contributed by atoms with Gasteiger partial charge in [-0.2, -0.15) is 0 Å². The third kappa shape index (κ3) is 3.51. The van der Waals surface area contributed by atoms with E-state index in [2.05, 4.69) is 34.3 Å². The smallest absolute Gasteiger partial charge is 0.106 e. The van der Waals surface area contributed by atoms with E-state index in [1.54, 1.807) is 6.21 Å². The van der Waals surface area contributed by atoms with E-state index in [4.69, 9.17) is 5.41 Å². The first-order valence-corrected chi connectivity index (χ1v) is 6.57. The van der Waals surface area contributed by atoms with Gasteiger partial charge in [0.15, 0.2) is 0 Å². The van der Waals surface area contributed by atoms with E-state index in [1.807, 2.05) is 18.2 Å². The van der Waals surface area contributed by atoms with Crippen LogP contribution in [0.3, 0.4) is 0 Å². The monoisotopic (exact) mass is 256 g/mol. The van der Waals surface area contributed by atoms with Crippen LogP contribution in [0.4, 0.5) is 0 Å². The van der Waals surface area contributed by atoms with Crippen molar-refractivity contribution in [3.8, 4) is 0 Å². The Morgan fingerprint density at radius 1 is 1.26 bits per heavy atom. The van der Waals surface area contributed by atoms with Crippen molar-refractivity contribution >= 4 is 18.1 Å². The summed E-state index contributed by atoms with van der Waals surface area (Å²) in [4.78, 5) is 6.32. The molecule has 1 heterocycles. The molecule has 1 saturated heterocycles. The van der Waals surface area contributed by atoms with Gasteiger partial charge in [0.05, 0.1) is 11.9 Å². The van der Waals surface area contributed by atoms with Crippen molar-refractivity contribution in [2.45, 2.75) is 6.92 Å². The first kappa shape index (κ1) is 13.5. The number of allylic oxidation sites excluding steroid dienone is 2. The third-order valence-electron chi connectivity index (χ3n) is 3.32. The molecule has 1 fully saturated rings. The minimum Gasteiger partial charge on any atom is -0.368 e. The maximum atomic E-state index is 7.08. The average Bonchev–Trinajstić information content (AvgIpc) is 2.49. The van der Waals surface area contributed by atoms with Crippen molar-refractivity contribution < 1.29 is 0 Å². The lowest BCUT2D eigenvalue weighted by atomic mass is 10.0. The molecule has 0 radical (unpaired) electrons. The maximum Gasteiger partial charge on any atom is 0.106 e. The van der Waals surface area contributed by atoms with Gasteiger partial charge in [0.1, 0.15) is 6.34 Å². The Kier molecular flexibility index (Phi) is 4.86. The van der Waals surface area contributed by atoms with Gasteiger partial charge in [0, 0.05) is 26.2 Å². The van der Waals surface area contributed by atoms with Crippen molar-refractivity contribution in [3.05, 3.63) is 41.6 Å². The van der Waals surface area contributed by atoms with Crippen molar-refractivity contribution in [1.29, 1.82) is 5.41 Å². The van der Waals surface area contributed by atoms with Gasteiger partial charge in [-0.15, -0.1) is 0 Å². The quantitative estimate of drug-likeness (QED) is 0.639. The lowest BCUT2D eigenvalue weighted by molar-refractivity contribution is 0.314. The largest absolute Gasteiger partial charge is 0.368 e. The van der Waals surface area contributed by atoms with Crippen LogP contribution in [0, 0.1) is 5.41 Å². The van der Waals surface area contributed by atoms with E-state index in [0.717, 1.165) is 38.2 Å². The van der Waals surface area contributed by atoms with Crippen LogP contribution < -0.4 is 5.32 Å². The fourth-order valence-electron chi connectivity index (χ4n) is 2.27. The maximum absolute atomic E-state index is 7.08. The van der Waals surface area contributed by atoms with Gasteiger partial charge in [-0.1, -0.05) is 30.3 Å². The van der Waals surface area contributed by atoms with Crippen molar-refractivity contribution in [1.82, 2.24) is 10.2 Å². The molecule has 0 bridgehead atoms. The van der Waals surface area contributed by atoms with Gasteiger partial charge in [0.2, 0.25) is 0 Å². The molecule has 2 N–H and O–H groups in total. The topological polar surface area (TPSA) is 51.5 Å². The molecule has 19 heavy (non-hydrogen) atoms. The number of benzene rings is 1. The van der Waals surface area contributed by atoms with E-state index in [0.29, 0.717) is 0 Å². The molecule has 0 atom stereocenters. The third-order valence-corrected chi connectivity index (χ3v) is 3.32. The lowest BCUT2D eigenvalue weighted by Crippen LogP contribution is -2.43. The second kappa shape index (κ2) is 6.85. The summed E-state index contributed by atoms with van der Waals surface area (Å²) >= 11 is 0. The van der Waals surface area contributed by atoms with Crippen LogP contribution in [0.15, 0.2) is 41.0 Å². The first-order chi connectivity index (χ1) is 9.33. The van der Waals surface area contributed by atoms with Crippen molar-refractivity contribution in [2.24, 2.45) is 4.99 Å². The number of nitrogens with zero attached hydrogens (tertiary/aromatic N) is 2. The Hall–Kier alpha value is -1.94. The summed E-state index contributed by atoms with van der Waals surface area (Å²) in [6, 6.07) is 10.3. The Morgan fingerprint density at radius 2 is 1.95 bits per heavy atom. The molecule has 0 aromatic heterocycles. The van der Waals surface area contributed by atoms with Crippen LogP contribution in [0.5, 0.6) is 0 Å². The van der Waals surface area contributed by atoms with E-state index >= 15 is 0 Å². The molecule has 2 rings (SSSR count). The van der Waals surface area contributed by atoms with E-state index in [-0.39, 0.29) is 0 Å². The van der Waals surface area contributed by atoms with Gasteiger partial charge in [-0.25, -0.2) is 4.99 Å². The molecule has 0 saturated carbocycles. The van der Waals surface area contributed by atoms with Crippen LogP contribution in [0.25, 0.3) is 5.57 Å². The summed E-state index contributed by atoms with van der Waals surface area (Å²) in [6.45, 7) is 6.05. The van der Waals surface area contributed by atoms with Gasteiger partial charge in [0.25, 0.3) is 0 Å². The van der Waals surface area contributed by atoms with Crippen LogP contribution in [0.1, 0.15) is 12.5 Å². The van der Waals surface area contributed by atoms with Crippen LogP contribution >= 0.6 is 0 Å². The van der Waals surface area contributed by atoms with Crippen LogP contribution in [-0.4, -0.2) is 43.6 Å². The fraction of sp³-hybridized carbons (Fsp3) is 0.333.